The smallest absolute Gasteiger partial charge is 0.239 e. The van der Waals surface area contributed by atoms with Gasteiger partial charge in [-0.3, -0.25) is 14.5 Å². The predicted molar refractivity (Wildman–Crippen MR) is 114 cm³/mol. The Morgan fingerprint density at radius 1 is 1.14 bits per heavy atom. The number of hydrogen-bond donors (Lipinski definition) is 2. The van der Waals surface area contributed by atoms with E-state index in [-0.39, 0.29) is 30.4 Å². The maximum absolute atomic E-state index is 12.7. The number of likely N-dealkylation sites (N-methyl/N-ethyl adjacent to an activating group) is 1. The van der Waals surface area contributed by atoms with Crippen LogP contribution in [0.15, 0.2) is 36.4 Å². The van der Waals surface area contributed by atoms with Gasteiger partial charge < -0.3 is 10.6 Å². The van der Waals surface area contributed by atoms with Gasteiger partial charge in [0.05, 0.1) is 24.5 Å². The van der Waals surface area contributed by atoms with Gasteiger partial charge in [-0.2, -0.15) is 5.10 Å². The number of nitrogens with one attached hydrogen (secondary N) is 2. The molecule has 3 rings (SSSR count). The maximum atomic E-state index is 12.7. The largest absolute Gasteiger partial charge is 0.350 e. The molecule has 0 spiro atoms. The highest BCUT2D eigenvalue weighted by atomic mass is 16.2. The van der Waals surface area contributed by atoms with E-state index in [1.807, 2.05) is 69.0 Å². The zero-order valence-corrected chi connectivity index (χ0v) is 17.7. The van der Waals surface area contributed by atoms with E-state index in [4.69, 9.17) is 5.10 Å². The molecule has 0 bridgehead atoms. The SMILES string of the molecule is CCN(CC(=O)Nc1cc(C2CC2)nn1-c1ccccc1)CC(=O)NC(C)(C)C. The van der Waals surface area contributed by atoms with Crippen LogP contribution in [0.25, 0.3) is 5.69 Å². The molecular formula is C22H31N5O2. The lowest BCUT2D eigenvalue weighted by Crippen LogP contribution is -2.47. The second kappa shape index (κ2) is 8.78. The number of nitrogens with zero attached hydrogens (tertiary/aromatic N) is 3. The molecule has 7 heteroatoms. The Hall–Kier alpha value is -2.67. The van der Waals surface area contributed by atoms with Gasteiger partial charge in [-0.25, -0.2) is 4.68 Å². The molecule has 156 valence electrons. The average Bonchev–Trinajstić information content (AvgIpc) is 3.41. The Labute approximate surface area is 172 Å². The number of anilines is 1. The number of amides is 2. The van der Waals surface area contributed by atoms with Crippen molar-refractivity contribution in [2.75, 3.05) is 25.0 Å². The molecule has 1 fully saturated rings. The minimum Gasteiger partial charge on any atom is -0.350 e. The Balaban J connectivity index is 1.67. The number of carbonyl (C=O) groups excluding carboxylic acids is 2. The summed E-state index contributed by atoms with van der Waals surface area (Å²) < 4.78 is 1.79. The van der Waals surface area contributed by atoms with Gasteiger partial charge in [0.25, 0.3) is 0 Å². The Bertz CT molecular complexity index is 850. The summed E-state index contributed by atoms with van der Waals surface area (Å²) in [6, 6.07) is 11.8. The number of para-hydroxylation sites is 1. The third-order valence-corrected chi connectivity index (χ3v) is 4.69. The van der Waals surface area contributed by atoms with Gasteiger partial charge in [0.15, 0.2) is 0 Å². The Morgan fingerprint density at radius 3 is 2.38 bits per heavy atom. The van der Waals surface area contributed by atoms with Crippen LogP contribution in [0.5, 0.6) is 0 Å². The van der Waals surface area contributed by atoms with Crippen LogP contribution in [-0.2, 0) is 9.59 Å². The number of benzene rings is 1. The quantitative estimate of drug-likeness (QED) is 0.718. The van der Waals surface area contributed by atoms with Crippen LogP contribution in [0.2, 0.25) is 0 Å². The number of aromatic nitrogens is 2. The molecule has 1 aromatic carbocycles. The lowest BCUT2D eigenvalue weighted by molar-refractivity contribution is -0.124. The fourth-order valence-electron chi connectivity index (χ4n) is 3.16. The van der Waals surface area contributed by atoms with Gasteiger partial charge in [-0.15, -0.1) is 0 Å². The molecular weight excluding hydrogens is 366 g/mol. The highest BCUT2D eigenvalue weighted by molar-refractivity contribution is 5.92. The average molecular weight is 398 g/mol. The van der Waals surface area contributed by atoms with E-state index < -0.39 is 0 Å². The minimum atomic E-state index is -0.292. The van der Waals surface area contributed by atoms with E-state index in [1.165, 1.54) is 0 Å². The molecule has 1 aromatic heterocycles. The van der Waals surface area contributed by atoms with Crippen LogP contribution in [0.3, 0.4) is 0 Å². The summed E-state index contributed by atoms with van der Waals surface area (Å²) in [6.45, 7) is 8.70. The zero-order chi connectivity index (χ0) is 21.0. The molecule has 0 saturated heterocycles. The van der Waals surface area contributed by atoms with Crippen molar-refractivity contribution in [3.63, 3.8) is 0 Å². The molecule has 0 unspecified atom stereocenters. The Morgan fingerprint density at radius 2 is 1.79 bits per heavy atom. The molecule has 2 N–H and O–H groups in total. The van der Waals surface area contributed by atoms with E-state index in [0.29, 0.717) is 18.3 Å². The van der Waals surface area contributed by atoms with Crippen LogP contribution >= 0.6 is 0 Å². The first kappa shape index (κ1) is 21.0. The highest BCUT2D eigenvalue weighted by Gasteiger charge is 2.28. The number of carbonyl (C=O) groups is 2. The van der Waals surface area contributed by atoms with E-state index in [2.05, 4.69) is 10.6 Å². The molecule has 0 atom stereocenters. The minimum absolute atomic E-state index is 0.0857. The van der Waals surface area contributed by atoms with E-state index in [0.717, 1.165) is 24.2 Å². The van der Waals surface area contributed by atoms with Crippen molar-refractivity contribution in [1.29, 1.82) is 0 Å². The van der Waals surface area contributed by atoms with Crippen molar-refractivity contribution in [2.24, 2.45) is 0 Å². The van der Waals surface area contributed by atoms with Crippen LogP contribution in [0.1, 0.15) is 52.1 Å². The maximum Gasteiger partial charge on any atom is 0.239 e. The van der Waals surface area contributed by atoms with Crippen LogP contribution in [0, 0.1) is 0 Å². The van der Waals surface area contributed by atoms with E-state index >= 15 is 0 Å². The predicted octanol–water partition coefficient (Wildman–Crippen LogP) is 2.92. The zero-order valence-electron chi connectivity index (χ0n) is 17.7. The summed E-state index contributed by atoms with van der Waals surface area (Å²) in [4.78, 5) is 26.7. The molecule has 0 aliphatic heterocycles. The molecule has 1 aliphatic rings. The Kier molecular flexibility index (Phi) is 6.37. The van der Waals surface area contributed by atoms with E-state index in [1.54, 1.807) is 4.68 Å². The summed E-state index contributed by atoms with van der Waals surface area (Å²) in [6.07, 6.45) is 2.29. The van der Waals surface area contributed by atoms with Crippen LogP contribution < -0.4 is 10.6 Å². The first-order valence-electron chi connectivity index (χ1n) is 10.2. The topological polar surface area (TPSA) is 79.3 Å². The fourth-order valence-corrected chi connectivity index (χ4v) is 3.16. The molecule has 1 aliphatic carbocycles. The van der Waals surface area contributed by atoms with Crippen molar-refractivity contribution in [3.05, 3.63) is 42.1 Å². The van der Waals surface area contributed by atoms with Gasteiger partial charge in [-0.1, -0.05) is 25.1 Å². The monoisotopic (exact) mass is 397 g/mol. The van der Waals surface area contributed by atoms with Gasteiger partial charge in [0, 0.05) is 17.5 Å². The molecule has 1 heterocycles. The van der Waals surface area contributed by atoms with Crippen LogP contribution in [-0.4, -0.2) is 51.7 Å². The van der Waals surface area contributed by atoms with Crippen molar-refractivity contribution in [1.82, 2.24) is 20.0 Å². The summed E-state index contributed by atoms with van der Waals surface area (Å²) >= 11 is 0. The second-order valence-electron chi connectivity index (χ2n) is 8.63. The lowest BCUT2D eigenvalue weighted by Gasteiger charge is -2.24. The summed E-state index contributed by atoms with van der Waals surface area (Å²) in [7, 11) is 0. The van der Waals surface area contributed by atoms with Crippen molar-refractivity contribution in [3.8, 4) is 5.69 Å². The van der Waals surface area contributed by atoms with Crippen molar-refractivity contribution < 1.29 is 9.59 Å². The summed E-state index contributed by atoms with van der Waals surface area (Å²) in [5, 5.41) is 10.6. The molecule has 2 aromatic rings. The fraction of sp³-hybridized carbons (Fsp3) is 0.500. The van der Waals surface area contributed by atoms with Crippen molar-refractivity contribution >= 4 is 17.6 Å². The summed E-state index contributed by atoms with van der Waals surface area (Å²) in [5.74, 6) is 0.912. The first-order chi connectivity index (χ1) is 13.7. The standard InChI is InChI=1S/C22H31N5O2/c1-5-26(15-21(29)24-22(2,3)4)14-20(28)23-19-13-18(16-11-12-16)25-27(19)17-9-7-6-8-10-17/h6-10,13,16H,5,11-12,14-15H2,1-4H3,(H,23,28)(H,24,29). The number of rotatable bonds is 8. The molecule has 0 radical (unpaired) electrons. The third-order valence-electron chi connectivity index (χ3n) is 4.69. The molecule has 1 saturated carbocycles. The van der Waals surface area contributed by atoms with Gasteiger partial charge in [0.1, 0.15) is 5.82 Å². The molecule has 7 nitrogen and oxygen atoms in total. The second-order valence-corrected chi connectivity index (χ2v) is 8.63. The summed E-state index contributed by atoms with van der Waals surface area (Å²) in [5.41, 5.74) is 1.63. The van der Waals surface area contributed by atoms with Gasteiger partial charge in [0.2, 0.25) is 11.8 Å². The van der Waals surface area contributed by atoms with Crippen LogP contribution in [0.4, 0.5) is 5.82 Å². The van der Waals surface area contributed by atoms with E-state index in [9.17, 15) is 9.59 Å². The van der Waals surface area contributed by atoms with Gasteiger partial charge in [-0.05, 0) is 52.3 Å². The lowest BCUT2D eigenvalue weighted by atomic mass is 10.1. The molecule has 2 amide bonds. The number of hydrogen-bond acceptors (Lipinski definition) is 4. The van der Waals surface area contributed by atoms with Gasteiger partial charge >= 0.3 is 0 Å². The highest BCUT2D eigenvalue weighted by Crippen LogP contribution is 2.40. The normalized spacial score (nSPS) is 14.1. The third kappa shape index (κ3) is 6.15. The van der Waals surface area contributed by atoms with Crippen molar-refractivity contribution in [2.45, 2.75) is 52.0 Å². The first-order valence-corrected chi connectivity index (χ1v) is 10.2. The molecule has 29 heavy (non-hydrogen) atoms.